The van der Waals surface area contributed by atoms with Crippen LogP contribution in [0.5, 0.6) is 0 Å². The number of benzene rings is 1. The van der Waals surface area contributed by atoms with E-state index in [0.717, 1.165) is 23.3 Å². The molecule has 2 aliphatic heterocycles. The molecule has 2 amide bonds. The van der Waals surface area contributed by atoms with E-state index in [-0.39, 0.29) is 11.1 Å². The second-order valence-electron chi connectivity index (χ2n) is 4.19. The molecular formula is C14H12N2O2S2. The van der Waals surface area contributed by atoms with Gasteiger partial charge in [-0.3, -0.25) is 14.9 Å². The van der Waals surface area contributed by atoms with Gasteiger partial charge in [0, 0.05) is 11.4 Å². The van der Waals surface area contributed by atoms with Crippen molar-refractivity contribution < 1.29 is 9.59 Å². The van der Waals surface area contributed by atoms with E-state index in [9.17, 15) is 9.59 Å². The van der Waals surface area contributed by atoms with E-state index in [1.54, 1.807) is 17.8 Å². The van der Waals surface area contributed by atoms with Gasteiger partial charge < -0.3 is 4.90 Å². The highest BCUT2D eigenvalue weighted by molar-refractivity contribution is 8.18. The lowest BCUT2D eigenvalue weighted by atomic mass is 10.3. The van der Waals surface area contributed by atoms with Crippen molar-refractivity contribution in [1.82, 2.24) is 5.32 Å². The number of para-hydroxylation sites is 1. The van der Waals surface area contributed by atoms with Gasteiger partial charge in [0.15, 0.2) is 0 Å². The fourth-order valence-electron chi connectivity index (χ4n) is 2.09. The fraction of sp³-hybridized carbons (Fsp3) is 0.143. The van der Waals surface area contributed by atoms with Gasteiger partial charge in [0.25, 0.3) is 11.1 Å². The van der Waals surface area contributed by atoms with Gasteiger partial charge in [-0.05, 0) is 43.0 Å². The first-order valence-corrected chi connectivity index (χ1v) is 7.82. The largest absolute Gasteiger partial charge is 0.335 e. The standard InChI is InChI=1S/C14H12N2O2S2/c1-2-16-9-5-3-4-6-10(9)19-12(16)8-7-11-13(17)15-14(18)20-11/h3-8H,2H2,1H3,(H,15,17,18). The molecule has 2 aliphatic rings. The van der Waals surface area contributed by atoms with Crippen LogP contribution in [0.3, 0.4) is 0 Å². The van der Waals surface area contributed by atoms with Gasteiger partial charge in [0.2, 0.25) is 0 Å². The van der Waals surface area contributed by atoms with Crippen molar-refractivity contribution in [3.8, 4) is 0 Å². The van der Waals surface area contributed by atoms with Gasteiger partial charge >= 0.3 is 0 Å². The van der Waals surface area contributed by atoms with Crippen LogP contribution in [0.1, 0.15) is 6.92 Å². The summed E-state index contributed by atoms with van der Waals surface area (Å²) < 4.78 is 0. The van der Waals surface area contributed by atoms with E-state index in [1.165, 1.54) is 10.6 Å². The van der Waals surface area contributed by atoms with E-state index in [4.69, 9.17) is 0 Å². The number of carbonyl (C=O) groups is 2. The number of nitrogens with zero attached hydrogens (tertiary/aromatic N) is 1. The van der Waals surface area contributed by atoms with Crippen LogP contribution in [0.15, 0.2) is 51.2 Å². The van der Waals surface area contributed by atoms with Crippen LogP contribution in [0.2, 0.25) is 0 Å². The third kappa shape index (κ3) is 2.36. The van der Waals surface area contributed by atoms with Crippen molar-refractivity contribution in [2.24, 2.45) is 0 Å². The molecule has 0 bridgehead atoms. The van der Waals surface area contributed by atoms with Crippen LogP contribution >= 0.6 is 23.5 Å². The van der Waals surface area contributed by atoms with E-state index in [2.05, 4.69) is 29.3 Å². The van der Waals surface area contributed by atoms with E-state index in [0.29, 0.717) is 4.91 Å². The zero-order valence-electron chi connectivity index (χ0n) is 10.8. The third-order valence-corrected chi connectivity index (χ3v) is 4.93. The Morgan fingerprint density at radius 3 is 2.70 bits per heavy atom. The Balaban J connectivity index is 1.89. The Kier molecular flexibility index (Phi) is 3.58. The first kappa shape index (κ1) is 13.3. The number of fused-ring (bicyclic) bond motifs is 1. The summed E-state index contributed by atoms with van der Waals surface area (Å²) in [6.07, 6.45) is 3.61. The van der Waals surface area contributed by atoms with Crippen LogP contribution in [0.4, 0.5) is 10.5 Å². The molecule has 0 aromatic heterocycles. The van der Waals surface area contributed by atoms with Crippen LogP contribution in [-0.4, -0.2) is 17.7 Å². The lowest BCUT2D eigenvalue weighted by Crippen LogP contribution is -2.18. The molecule has 0 radical (unpaired) electrons. The molecule has 0 spiro atoms. The topological polar surface area (TPSA) is 49.4 Å². The molecule has 20 heavy (non-hydrogen) atoms. The summed E-state index contributed by atoms with van der Waals surface area (Å²) in [5, 5.41) is 3.00. The summed E-state index contributed by atoms with van der Waals surface area (Å²) >= 11 is 2.61. The SMILES string of the molecule is CCN1C(=CC=C2SC(=O)NC2=O)Sc2ccccc21. The molecule has 1 fully saturated rings. The lowest BCUT2D eigenvalue weighted by Gasteiger charge is -2.17. The van der Waals surface area contributed by atoms with Gasteiger partial charge in [-0.1, -0.05) is 23.9 Å². The Hall–Kier alpha value is -1.66. The minimum absolute atomic E-state index is 0.311. The van der Waals surface area contributed by atoms with Gasteiger partial charge in [-0.25, -0.2) is 0 Å². The summed E-state index contributed by atoms with van der Waals surface area (Å²) in [6, 6.07) is 8.19. The van der Waals surface area contributed by atoms with Gasteiger partial charge in [-0.15, -0.1) is 0 Å². The monoisotopic (exact) mass is 304 g/mol. The van der Waals surface area contributed by atoms with Crippen LogP contribution in [0, 0.1) is 0 Å². The maximum absolute atomic E-state index is 11.5. The fourth-order valence-corrected chi connectivity index (χ4v) is 3.84. The zero-order chi connectivity index (χ0) is 14.1. The van der Waals surface area contributed by atoms with E-state index in [1.807, 2.05) is 18.2 Å². The van der Waals surface area contributed by atoms with Gasteiger partial charge in [-0.2, -0.15) is 0 Å². The zero-order valence-corrected chi connectivity index (χ0v) is 12.4. The number of anilines is 1. The molecule has 2 heterocycles. The Morgan fingerprint density at radius 1 is 1.20 bits per heavy atom. The lowest BCUT2D eigenvalue weighted by molar-refractivity contribution is -0.115. The molecule has 4 nitrogen and oxygen atoms in total. The second-order valence-corrected chi connectivity index (χ2v) is 6.27. The highest BCUT2D eigenvalue weighted by Gasteiger charge is 2.26. The first-order valence-electron chi connectivity index (χ1n) is 6.18. The summed E-state index contributed by atoms with van der Waals surface area (Å²) in [5.41, 5.74) is 1.18. The summed E-state index contributed by atoms with van der Waals surface area (Å²) in [5.74, 6) is -0.319. The second kappa shape index (κ2) is 5.38. The predicted octanol–water partition coefficient (Wildman–Crippen LogP) is 3.33. The number of hydrogen-bond donors (Lipinski definition) is 1. The van der Waals surface area contributed by atoms with Crippen LogP contribution < -0.4 is 10.2 Å². The average Bonchev–Trinajstić information content (AvgIpc) is 2.95. The maximum Gasteiger partial charge on any atom is 0.290 e. The molecule has 3 rings (SSSR count). The van der Waals surface area contributed by atoms with Crippen molar-refractivity contribution in [2.45, 2.75) is 11.8 Å². The number of amides is 2. The van der Waals surface area contributed by atoms with Gasteiger partial charge in [0.1, 0.15) is 0 Å². The minimum Gasteiger partial charge on any atom is -0.335 e. The molecule has 0 unspecified atom stereocenters. The molecular weight excluding hydrogens is 292 g/mol. The first-order chi connectivity index (χ1) is 9.69. The molecule has 1 saturated heterocycles. The number of nitrogens with one attached hydrogen (secondary N) is 1. The predicted molar refractivity (Wildman–Crippen MR) is 82.6 cm³/mol. The highest BCUT2D eigenvalue weighted by Crippen LogP contribution is 2.45. The third-order valence-electron chi connectivity index (χ3n) is 2.97. The van der Waals surface area contributed by atoms with Crippen molar-refractivity contribution in [1.29, 1.82) is 0 Å². The van der Waals surface area contributed by atoms with Crippen LogP contribution in [-0.2, 0) is 4.79 Å². The number of carbonyl (C=O) groups excluding carboxylic acids is 2. The number of imide groups is 1. The summed E-state index contributed by atoms with van der Waals surface area (Å²) in [6.45, 7) is 2.95. The van der Waals surface area contributed by atoms with E-state index >= 15 is 0 Å². The van der Waals surface area contributed by atoms with Crippen molar-refractivity contribution in [3.63, 3.8) is 0 Å². The quantitative estimate of drug-likeness (QED) is 0.849. The van der Waals surface area contributed by atoms with Crippen molar-refractivity contribution >= 4 is 40.4 Å². The highest BCUT2D eigenvalue weighted by atomic mass is 32.2. The van der Waals surface area contributed by atoms with Gasteiger partial charge in [0.05, 0.1) is 15.6 Å². The molecule has 1 aromatic carbocycles. The Bertz CT molecular complexity index is 652. The molecule has 102 valence electrons. The molecule has 1 N–H and O–H groups in total. The maximum atomic E-state index is 11.5. The van der Waals surface area contributed by atoms with Crippen molar-refractivity contribution in [3.05, 3.63) is 46.4 Å². The average molecular weight is 304 g/mol. The molecule has 0 atom stereocenters. The Morgan fingerprint density at radius 2 is 2.00 bits per heavy atom. The molecule has 6 heteroatoms. The minimum atomic E-state index is -0.319. The number of hydrogen-bond acceptors (Lipinski definition) is 5. The normalized spacial score (nSPS) is 21.8. The molecule has 1 aromatic rings. The number of rotatable bonds is 2. The summed E-state index contributed by atoms with van der Waals surface area (Å²) in [4.78, 5) is 26.4. The number of thioether (sulfide) groups is 2. The molecule has 0 aliphatic carbocycles. The van der Waals surface area contributed by atoms with E-state index < -0.39 is 0 Å². The summed E-state index contributed by atoms with van der Waals surface area (Å²) in [7, 11) is 0. The smallest absolute Gasteiger partial charge is 0.290 e. The van der Waals surface area contributed by atoms with Crippen molar-refractivity contribution in [2.75, 3.05) is 11.4 Å². The van der Waals surface area contributed by atoms with Crippen LogP contribution in [0.25, 0.3) is 0 Å². The Labute approximate surface area is 125 Å². The molecule has 0 saturated carbocycles. The number of allylic oxidation sites excluding steroid dienone is 2.